The number of aryl methyl sites for hydroxylation is 1. The fraction of sp³-hybridized carbons (Fsp3) is 0.571. The summed E-state index contributed by atoms with van der Waals surface area (Å²) in [6.07, 6.45) is 3.09. The molecular formula is C14H22N4O. The van der Waals surface area contributed by atoms with Crippen LogP contribution in [0.5, 0.6) is 5.88 Å². The number of hydrogen-bond donors (Lipinski definition) is 2. The van der Waals surface area contributed by atoms with Crippen LogP contribution in [0.4, 0.5) is 0 Å². The third kappa shape index (κ3) is 3.67. The van der Waals surface area contributed by atoms with E-state index >= 15 is 0 Å². The van der Waals surface area contributed by atoms with Gasteiger partial charge < -0.3 is 15.5 Å². The molecule has 0 bridgehead atoms. The summed E-state index contributed by atoms with van der Waals surface area (Å²) in [6.45, 7) is 5.54. The number of hydrogen-bond acceptors (Lipinski definition) is 4. The van der Waals surface area contributed by atoms with E-state index in [9.17, 15) is 0 Å². The van der Waals surface area contributed by atoms with Gasteiger partial charge in [0.2, 0.25) is 5.88 Å². The van der Waals surface area contributed by atoms with Crippen molar-refractivity contribution in [1.82, 2.24) is 15.0 Å². The van der Waals surface area contributed by atoms with Crippen molar-refractivity contribution in [1.29, 1.82) is 0 Å². The van der Waals surface area contributed by atoms with Crippen LogP contribution in [0, 0.1) is 5.92 Å². The zero-order valence-corrected chi connectivity index (χ0v) is 11.6. The van der Waals surface area contributed by atoms with Gasteiger partial charge in [0.1, 0.15) is 5.82 Å². The Morgan fingerprint density at radius 1 is 1.32 bits per heavy atom. The van der Waals surface area contributed by atoms with Gasteiger partial charge in [0.25, 0.3) is 0 Å². The van der Waals surface area contributed by atoms with Crippen molar-refractivity contribution < 1.29 is 4.74 Å². The lowest BCUT2D eigenvalue weighted by atomic mass is 10.0. The maximum absolute atomic E-state index is 5.56. The molecule has 0 aliphatic heterocycles. The Hall–Kier alpha value is -1.62. The summed E-state index contributed by atoms with van der Waals surface area (Å²) in [5, 5.41) is 0. The average molecular weight is 262 g/mol. The van der Waals surface area contributed by atoms with Crippen molar-refractivity contribution in [3.05, 3.63) is 18.0 Å². The molecule has 0 aliphatic rings. The number of nitrogens with one attached hydrogen (secondary N) is 1. The Morgan fingerprint density at radius 2 is 2.16 bits per heavy atom. The predicted molar refractivity (Wildman–Crippen MR) is 76.2 cm³/mol. The highest BCUT2D eigenvalue weighted by atomic mass is 16.5. The molecule has 2 aromatic rings. The van der Waals surface area contributed by atoms with E-state index < -0.39 is 0 Å². The van der Waals surface area contributed by atoms with Gasteiger partial charge in [0.05, 0.1) is 12.1 Å². The van der Waals surface area contributed by atoms with Gasteiger partial charge in [-0.1, -0.05) is 6.92 Å². The van der Waals surface area contributed by atoms with Gasteiger partial charge in [-0.25, -0.2) is 4.98 Å². The quantitative estimate of drug-likeness (QED) is 0.802. The van der Waals surface area contributed by atoms with Gasteiger partial charge in [0.15, 0.2) is 5.65 Å². The lowest BCUT2D eigenvalue weighted by Gasteiger charge is -2.07. The Bertz CT molecular complexity index is 523. The van der Waals surface area contributed by atoms with Crippen LogP contribution in [-0.4, -0.2) is 28.1 Å². The molecule has 0 aromatic carbocycles. The molecule has 0 aliphatic carbocycles. The molecule has 19 heavy (non-hydrogen) atoms. The summed E-state index contributed by atoms with van der Waals surface area (Å²) in [7, 11) is 0. The van der Waals surface area contributed by atoms with E-state index in [4.69, 9.17) is 10.5 Å². The smallest absolute Gasteiger partial charge is 0.215 e. The number of aromatic amines is 1. The molecule has 1 atom stereocenters. The number of aromatic nitrogens is 3. The Labute approximate surface area is 113 Å². The fourth-order valence-corrected chi connectivity index (χ4v) is 2.08. The zero-order chi connectivity index (χ0) is 13.7. The monoisotopic (exact) mass is 262 g/mol. The van der Waals surface area contributed by atoms with Crippen LogP contribution in [0.25, 0.3) is 11.2 Å². The van der Waals surface area contributed by atoms with Crippen LogP contribution < -0.4 is 10.5 Å². The van der Waals surface area contributed by atoms with E-state index in [1.54, 1.807) is 0 Å². The largest absolute Gasteiger partial charge is 0.478 e. The number of H-pyrrole nitrogens is 1. The number of rotatable bonds is 7. The summed E-state index contributed by atoms with van der Waals surface area (Å²) in [4.78, 5) is 12.2. The standard InChI is InChI=1S/C14H22N4O/c1-3-19-13-7-5-11-14(18-13)17-12(16-11)6-4-10(2)8-9-15/h5,7,10H,3-4,6,8-9,15H2,1-2H3,(H,16,17,18). The first-order chi connectivity index (χ1) is 9.22. The molecule has 5 nitrogen and oxygen atoms in total. The molecule has 0 radical (unpaired) electrons. The van der Waals surface area contributed by atoms with E-state index in [1.807, 2.05) is 19.1 Å². The number of imidazole rings is 1. The molecule has 0 fully saturated rings. The van der Waals surface area contributed by atoms with Gasteiger partial charge in [0, 0.05) is 12.5 Å². The van der Waals surface area contributed by atoms with E-state index in [2.05, 4.69) is 21.9 Å². The van der Waals surface area contributed by atoms with Gasteiger partial charge in [-0.15, -0.1) is 0 Å². The maximum Gasteiger partial charge on any atom is 0.215 e. The number of nitrogens with zero attached hydrogens (tertiary/aromatic N) is 2. The second kappa shape index (κ2) is 6.52. The highest BCUT2D eigenvalue weighted by Gasteiger charge is 2.07. The van der Waals surface area contributed by atoms with Crippen LogP contribution >= 0.6 is 0 Å². The SMILES string of the molecule is CCOc1ccc2[nH]c(CCC(C)CCN)nc2n1. The number of ether oxygens (including phenoxy) is 1. The summed E-state index contributed by atoms with van der Waals surface area (Å²) < 4.78 is 5.37. The Balaban J connectivity index is 2.04. The molecule has 0 spiro atoms. The van der Waals surface area contributed by atoms with Crippen LogP contribution in [0.2, 0.25) is 0 Å². The molecule has 2 aromatic heterocycles. The summed E-state index contributed by atoms with van der Waals surface area (Å²) in [6, 6.07) is 3.83. The molecule has 3 N–H and O–H groups in total. The highest BCUT2D eigenvalue weighted by Crippen LogP contribution is 2.16. The van der Waals surface area contributed by atoms with Gasteiger partial charge in [-0.2, -0.15) is 4.98 Å². The number of nitrogens with two attached hydrogens (primary N) is 1. The van der Waals surface area contributed by atoms with Crippen molar-refractivity contribution in [2.45, 2.75) is 33.1 Å². The molecular weight excluding hydrogens is 240 g/mol. The molecule has 1 unspecified atom stereocenters. The Morgan fingerprint density at radius 3 is 2.89 bits per heavy atom. The third-order valence-corrected chi connectivity index (χ3v) is 3.20. The third-order valence-electron chi connectivity index (χ3n) is 3.20. The van der Waals surface area contributed by atoms with Crippen LogP contribution in [0.3, 0.4) is 0 Å². The highest BCUT2D eigenvalue weighted by molar-refractivity contribution is 5.71. The minimum atomic E-state index is 0.617. The molecule has 0 saturated carbocycles. The van der Waals surface area contributed by atoms with Crippen molar-refractivity contribution in [2.75, 3.05) is 13.2 Å². The van der Waals surface area contributed by atoms with E-state index in [1.165, 1.54) is 0 Å². The van der Waals surface area contributed by atoms with Gasteiger partial charge in [-0.05, 0) is 38.3 Å². The van der Waals surface area contributed by atoms with Gasteiger partial charge >= 0.3 is 0 Å². The first-order valence-corrected chi connectivity index (χ1v) is 6.91. The number of pyridine rings is 1. The van der Waals surface area contributed by atoms with Crippen LogP contribution in [0.15, 0.2) is 12.1 Å². The summed E-state index contributed by atoms with van der Waals surface area (Å²) in [5.74, 6) is 2.25. The minimum Gasteiger partial charge on any atom is -0.478 e. The minimum absolute atomic E-state index is 0.617. The van der Waals surface area contributed by atoms with Gasteiger partial charge in [-0.3, -0.25) is 0 Å². The normalized spacial score (nSPS) is 12.8. The molecule has 5 heteroatoms. The zero-order valence-electron chi connectivity index (χ0n) is 11.6. The van der Waals surface area contributed by atoms with Crippen LogP contribution in [-0.2, 0) is 6.42 Å². The summed E-state index contributed by atoms with van der Waals surface area (Å²) in [5.41, 5.74) is 7.25. The second-order valence-corrected chi connectivity index (χ2v) is 4.86. The second-order valence-electron chi connectivity index (χ2n) is 4.86. The molecule has 0 saturated heterocycles. The van der Waals surface area contributed by atoms with Crippen molar-refractivity contribution in [2.24, 2.45) is 11.7 Å². The van der Waals surface area contributed by atoms with Crippen molar-refractivity contribution in [3.8, 4) is 5.88 Å². The van der Waals surface area contributed by atoms with Crippen molar-refractivity contribution >= 4 is 11.2 Å². The lowest BCUT2D eigenvalue weighted by Crippen LogP contribution is -2.06. The van der Waals surface area contributed by atoms with Crippen LogP contribution in [0.1, 0.15) is 32.5 Å². The fourth-order valence-electron chi connectivity index (χ4n) is 2.08. The maximum atomic E-state index is 5.56. The molecule has 104 valence electrons. The first kappa shape index (κ1) is 13.8. The van der Waals surface area contributed by atoms with Crippen molar-refractivity contribution in [3.63, 3.8) is 0 Å². The van der Waals surface area contributed by atoms with E-state index in [0.29, 0.717) is 18.4 Å². The summed E-state index contributed by atoms with van der Waals surface area (Å²) >= 11 is 0. The van der Waals surface area contributed by atoms with E-state index in [0.717, 1.165) is 42.8 Å². The average Bonchev–Trinajstić information content (AvgIpc) is 2.79. The molecule has 2 heterocycles. The van der Waals surface area contributed by atoms with E-state index in [-0.39, 0.29) is 0 Å². The lowest BCUT2D eigenvalue weighted by molar-refractivity contribution is 0.328. The molecule has 0 amide bonds. The topological polar surface area (TPSA) is 76.8 Å². The Kier molecular flexibility index (Phi) is 4.74. The first-order valence-electron chi connectivity index (χ1n) is 6.91. The molecule has 2 rings (SSSR count). The predicted octanol–water partition coefficient (Wildman–Crippen LogP) is 2.27. The number of fused-ring (bicyclic) bond motifs is 1.